The zero-order valence-electron chi connectivity index (χ0n) is 43.6. The van der Waals surface area contributed by atoms with E-state index in [1.54, 1.807) is 0 Å². The van der Waals surface area contributed by atoms with E-state index in [4.69, 9.17) is 14.2 Å². The molecular formula is C61H102O6. The molecule has 0 radical (unpaired) electrons. The molecule has 1 atom stereocenters. The van der Waals surface area contributed by atoms with Gasteiger partial charge >= 0.3 is 17.9 Å². The molecule has 0 rings (SSSR count). The number of ether oxygens (including phenoxy) is 3. The molecule has 0 amide bonds. The molecule has 6 heteroatoms. The number of rotatable bonds is 49. The van der Waals surface area contributed by atoms with Crippen molar-refractivity contribution in [3.63, 3.8) is 0 Å². The predicted molar refractivity (Wildman–Crippen MR) is 288 cm³/mol. The Morgan fingerprint density at radius 3 is 0.940 bits per heavy atom. The van der Waals surface area contributed by atoms with Crippen LogP contribution in [0.25, 0.3) is 0 Å². The van der Waals surface area contributed by atoms with Gasteiger partial charge in [0.2, 0.25) is 0 Å². The lowest BCUT2D eigenvalue weighted by Gasteiger charge is -2.18. The number of allylic oxidation sites excluding steroid dienone is 16. The second-order valence-electron chi connectivity index (χ2n) is 18.1. The smallest absolute Gasteiger partial charge is 0.306 e. The Balaban J connectivity index is 4.44. The van der Waals surface area contributed by atoms with E-state index in [1.807, 2.05) is 0 Å². The summed E-state index contributed by atoms with van der Waals surface area (Å²) in [4.78, 5) is 38.1. The number of hydrogen-bond acceptors (Lipinski definition) is 6. The predicted octanol–water partition coefficient (Wildman–Crippen LogP) is 18.5. The Morgan fingerprint density at radius 2 is 0.582 bits per heavy atom. The first kappa shape index (κ1) is 63.3. The summed E-state index contributed by atoms with van der Waals surface area (Å²) in [6, 6.07) is 0. The summed E-state index contributed by atoms with van der Waals surface area (Å²) in [5.41, 5.74) is 0. The normalized spacial score (nSPS) is 12.8. The van der Waals surface area contributed by atoms with Crippen molar-refractivity contribution in [1.29, 1.82) is 0 Å². The van der Waals surface area contributed by atoms with E-state index < -0.39 is 6.10 Å². The third kappa shape index (κ3) is 53.2. The summed E-state index contributed by atoms with van der Waals surface area (Å²) in [5, 5.41) is 0. The van der Waals surface area contributed by atoms with Crippen LogP contribution < -0.4 is 0 Å². The van der Waals surface area contributed by atoms with Crippen LogP contribution in [0.15, 0.2) is 97.2 Å². The molecule has 0 aliphatic carbocycles. The minimum atomic E-state index is -0.799. The van der Waals surface area contributed by atoms with Crippen molar-refractivity contribution in [2.75, 3.05) is 13.2 Å². The standard InChI is InChI=1S/C61H102O6/c1-4-7-10-13-16-19-22-25-27-29-30-32-33-36-39-42-45-48-51-54-60(63)66-57-58(56-65-59(62)53-50-47-44-41-38-35-24-21-18-15-12-9-6-3)67-61(64)55-52-49-46-43-40-37-34-31-28-26-23-20-17-14-11-8-5-2/h7,9-10,12,16,18-19,21,25-28,30,32,35,38,58H,4-6,8,11,13-15,17,20,22-24,29,31,33-34,36-37,39-57H2,1-3H3/b10-7-,12-9-,19-16-,21-18-,27-25-,28-26-,32-30-,38-35-. The Hall–Kier alpha value is -3.67. The summed E-state index contributed by atoms with van der Waals surface area (Å²) >= 11 is 0. The molecule has 6 nitrogen and oxygen atoms in total. The fraction of sp³-hybridized carbons (Fsp3) is 0.689. The lowest BCUT2D eigenvalue weighted by molar-refractivity contribution is -0.167. The molecule has 0 spiro atoms. The molecule has 0 aromatic heterocycles. The zero-order chi connectivity index (χ0) is 48.6. The van der Waals surface area contributed by atoms with Gasteiger partial charge in [-0.15, -0.1) is 0 Å². The highest BCUT2D eigenvalue weighted by atomic mass is 16.6. The molecule has 0 N–H and O–H groups in total. The van der Waals surface area contributed by atoms with E-state index in [1.165, 1.54) is 89.9 Å². The van der Waals surface area contributed by atoms with Gasteiger partial charge in [-0.1, -0.05) is 214 Å². The third-order valence-corrected chi connectivity index (χ3v) is 11.6. The van der Waals surface area contributed by atoms with Crippen LogP contribution in [0.5, 0.6) is 0 Å². The van der Waals surface area contributed by atoms with Crippen molar-refractivity contribution in [3.05, 3.63) is 97.2 Å². The molecular weight excluding hydrogens is 829 g/mol. The third-order valence-electron chi connectivity index (χ3n) is 11.6. The molecule has 1 unspecified atom stereocenters. The number of carbonyl (C=O) groups excluding carboxylic acids is 3. The fourth-order valence-corrected chi connectivity index (χ4v) is 7.44. The lowest BCUT2D eigenvalue weighted by atomic mass is 10.1. The second kappa shape index (κ2) is 54.9. The Morgan fingerprint density at radius 1 is 0.313 bits per heavy atom. The molecule has 382 valence electrons. The van der Waals surface area contributed by atoms with E-state index in [9.17, 15) is 14.4 Å². The van der Waals surface area contributed by atoms with Crippen molar-refractivity contribution in [2.45, 2.75) is 258 Å². The first-order chi connectivity index (χ1) is 33.0. The van der Waals surface area contributed by atoms with Gasteiger partial charge in [0, 0.05) is 19.3 Å². The number of hydrogen-bond donors (Lipinski definition) is 0. The first-order valence-electron chi connectivity index (χ1n) is 27.7. The summed E-state index contributed by atoms with van der Waals surface area (Å²) in [6.07, 6.45) is 72.5. The largest absolute Gasteiger partial charge is 0.462 e. The van der Waals surface area contributed by atoms with Crippen molar-refractivity contribution >= 4 is 17.9 Å². The van der Waals surface area contributed by atoms with Crippen LogP contribution in [0, 0.1) is 0 Å². The summed E-state index contributed by atoms with van der Waals surface area (Å²) in [7, 11) is 0. The van der Waals surface area contributed by atoms with Gasteiger partial charge < -0.3 is 14.2 Å². The molecule has 0 aliphatic heterocycles. The maximum atomic E-state index is 12.8. The Labute approximate surface area is 413 Å². The topological polar surface area (TPSA) is 78.9 Å². The fourth-order valence-electron chi connectivity index (χ4n) is 7.44. The Kier molecular flexibility index (Phi) is 51.9. The van der Waals surface area contributed by atoms with Gasteiger partial charge in [0.1, 0.15) is 13.2 Å². The van der Waals surface area contributed by atoms with Crippen LogP contribution in [-0.4, -0.2) is 37.2 Å². The number of unbranched alkanes of at least 4 members (excludes halogenated alkanes) is 22. The molecule has 0 bridgehead atoms. The number of carbonyl (C=O) groups is 3. The molecule has 0 saturated heterocycles. The highest BCUT2D eigenvalue weighted by Gasteiger charge is 2.19. The molecule has 0 aliphatic rings. The summed E-state index contributed by atoms with van der Waals surface area (Å²) in [5.74, 6) is -0.943. The van der Waals surface area contributed by atoms with E-state index in [-0.39, 0.29) is 31.1 Å². The van der Waals surface area contributed by atoms with E-state index in [2.05, 4.69) is 118 Å². The van der Waals surface area contributed by atoms with Gasteiger partial charge in [-0.3, -0.25) is 14.4 Å². The van der Waals surface area contributed by atoms with Gasteiger partial charge in [0.15, 0.2) is 6.10 Å². The second-order valence-corrected chi connectivity index (χ2v) is 18.1. The van der Waals surface area contributed by atoms with E-state index in [0.717, 1.165) is 122 Å². The van der Waals surface area contributed by atoms with Crippen LogP contribution in [0.4, 0.5) is 0 Å². The van der Waals surface area contributed by atoms with Crippen molar-refractivity contribution in [2.24, 2.45) is 0 Å². The summed E-state index contributed by atoms with van der Waals surface area (Å²) < 4.78 is 16.8. The lowest BCUT2D eigenvalue weighted by Crippen LogP contribution is -2.30. The average Bonchev–Trinajstić information content (AvgIpc) is 3.33. The zero-order valence-corrected chi connectivity index (χ0v) is 43.6. The highest BCUT2D eigenvalue weighted by molar-refractivity contribution is 5.71. The highest BCUT2D eigenvalue weighted by Crippen LogP contribution is 2.14. The molecule has 67 heavy (non-hydrogen) atoms. The maximum Gasteiger partial charge on any atom is 0.306 e. The molecule has 0 aromatic rings. The first-order valence-corrected chi connectivity index (χ1v) is 27.7. The Bertz CT molecular complexity index is 1350. The quantitative estimate of drug-likeness (QED) is 0.0262. The minimum Gasteiger partial charge on any atom is -0.462 e. The van der Waals surface area contributed by atoms with Crippen molar-refractivity contribution < 1.29 is 28.6 Å². The molecule has 0 aromatic carbocycles. The van der Waals surface area contributed by atoms with Crippen LogP contribution in [-0.2, 0) is 28.6 Å². The maximum absolute atomic E-state index is 12.8. The van der Waals surface area contributed by atoms with Crippen molar-refractivity contribution in [3.8, 4) is 0 Å². The SMILES string of the molecule is CC/C=C\C/C=C\C/C=C\C/C=C\CCCCCCCCC(=O)OCC(COC(=O)CCCCC/C=C\C/C=C\C/C=C\CC)OC(=O)CCCCCCCCC/C=C\CCCCCCCC. The molecule has 0 fully saturated rings. The summed E-state index contributed by atoms with van der Waals surface area (Å²) in [6.45, 7) is 6.37. The monoisotopic (exact) mass is 931 g/mol. The molecule has 0 heterocycles. The van der Waals surface area contributed by atoms with Gasteiger partial charge in [-0.2, -0.15) is 0 Å². The van der Waals surface area contributed by atoms with Gasteiger partial charge in [-0.05, 0) is 116 Å². The van der Waals surface area contributed by atoms with E-state index >= 15 is 0 Å². The molecule has 0 saturated carbocycles. The van der Waals surface area contributed by atoms with Crippen LogP contribution in [0.3, 0.4) is 0 Å². The minimum absolute atomic E-state index is 0.0969. The van der Waals surface area contributed by atoms with Crippen LogP contribution in [0.1, 0.15) is 252 Å². The van der Waals surface area contributed by atoms with Crippen molar-refractivity contribution in [1.82, 2.24) is 0 Å². The van der Waals surface area contributed by atoms with Gasteiger partial charge in [-0.25, -0.2) is 0 Å². The van der Waals surface area contributed by atoms with E-state index in [0.29, 0.717) is 19.3 Å². The van der Waals surface area contributed by atoms with Gasteiger partial charge in [0.05, 0.1) is 0 Å². The average molecular weight is 931 g/mol. The van der Waals surface area contributed by atoms with Crippen LogP contribution in [0.2, 0.25) is 0 Å². The van der Waals surface area contributed by atoms with Crippen LogP contribution >= 0.6 is 0 Å². The number of esters is 3. The van der Waals surface area contributed by atoms with Gasteiger partial charge in [0.25, 0.3) is 0 Å².